The number of carbonyl (C=O) groups excluding carboxylic acids is 5. The highest BCUT2D eigenvalue weighted by Gasteiger charge is 2.39. The van der Waals surface area contributed by atoms with Crippen molar-refractivity contribution < 1.29 is 33.4 Å². The molecule has 11 heteroatoms. The average molecular weight is 673 g/mol. The summed E-state index contributed by atoms with van der Waals surface area (Å²) in [6.45, 7) is 5.19. The highest BCUT2D eigenvalue weighted by atomic mass is 16.6. The van der Waals surface area contributed by atoms with Gasteiger partial charge in [-0.3, -0.25) is 24.1 Å². The van der Waals surface area contributed by atoms with Crippen LogP contribution in [0.25, 0.3) is 10.8 Å². The molecule has 1 aliphatic carbocycles. The van der Waals surface area contributed by atoms with Crippen molar-refractivity contribution in [3.05, 3.63) is 83.9 Å². The summed E-state index contributed by atoms with van der Waals surface area (Å²) < 4.78 is 11.0. The van der Waals surface area contributed by atoms with Crippen LogP contribution in [0.5, 0.6) is 0 Å². The van der Waals surface area contributed by atoms with Crippen LogP contribution < -0.4 is 16.4 Å². The minimum absolute atomic E-state index is 0.0287. The Morgan fingerprint density at radius 2 is 1.47 bits per heavy atom. The smallest absolute Gasteiger partial charge is 0.410 e. The number of ether oxygens (including phenoxy) is 2. The first-order valence-corrected chi connectivity index (χ1v) is 16.8. The van der Waals surface area contributed by atoms with E-state index in [1.54, 1.807) is 32.9 Å². The Hall–Kier alpha value is -4.93. The summed E-state index contributed by atoms with van der Waals surface area (Å²) in [5, 5.41) is 7.27. The number of esters is 1. The molecule has 1 aliphatic rings. The molecule has 3 atom stereocenters. The van der Waals surface area contributed by atoms with E-state index in [4.69, 9.17) is 15.2 Å². The molecule has 0 saturated heterocycles. The van der Waals surface area contributed by atoms with Crippen LogP contribution in [-0.2, 0) is 41.7 Å². The summed E-state index contributed by atoms with van der Waals surface area (Å²) >= 11 is 0. The number of primary amides is 1. The van der Waals surface area contributed by atoms with E-state index in [2.05, 4.69) is 10.6 Å². The number of amides is 4. The van der Waals surface area contributed by atoms with Crippen LogP contribution in [0.2, 0.25) is 0 Å². The Morgan fingerprint density at radius 1 is 0.837 bits per heavy atom. The van der Waals surface area contributed by atoms with Crippen LogP contribution in [0, 0.1) is 5.92 Å². The zero-order valence-corrected chi connectivity index (χ0v) is 28.8. The van der Waals surface area contributed by atoms with Gasteiger partial charge >= 0.3 is 12.1 Å². The Morgan fingerprint density at radius 3 is 2.14 bits per heavy atom. The molecular weight excluding hydrogens is 624 g/mol. The molecule has 1 fully saturated rings. The third kappa shape index (κ3) is 10.8. The van der Waals surface area contributed by atoms with E-state index >= 15 is 0 Å². The predicted octanol–water partition coefficient (Wildman–Crippen LogP) is 4.79. The molecule has 11 nitrogen and oxygen atoms in total. The highest BCUT2D eigenvalue weighted by Crippen LogP contribution is 2.30. The SMILES string of the molecule is CN(C(=O)OC(C)(C)C)[C@H](C(=O)N[C@@H](CC(=O)OCc1ccccc1)C(=O)N[C@@H](Cc1cccc2ccccc12)C(N)=O)C1CCCCC1. The van der Waals surface area contributed by atoms with E-state index in [-0.39, 0.29) is 18.9 Å². The molecule has 3 aromatic rings. The molecule has 49 heavy (non-hydrogen) atoms. The van der Waals surface area contributed by atoms with Gasteiger partial charge in [0.05, 0.1) is 6.42 Å². The number of hydrogen-bond donors (Lipinski definition) is 3. The number of nitrogens with two attached hydrogens (primary N) is 1. The number of fused-ring (bicyclic) bond motifs is 1. The van der Waals surface area contributed by atoms with Crippen molar-refractivity contribution in [1.29, 1.82) is 0 Å². The van der Waals surface area contributed by atoms with Gasteiger partial charge in [-0.05, 0) is 61.4 Å². The zero-order chi connectivity index (χ0) is 35.6. The summed E-state index contributed by atoms with van der Waals surface area (Å²) in [6, 6.07) is 18.8. The molecule has 0 aromatic heterocycles. The summed E-state index contributed by atoms with van der Waals surface area (Å²) in [7, 11) is 1.50. The van der Waals surface area contributed by atoms with Gasteiger partial charge in [0.1, 0.15) is 30.3 Å². The van der Waals surface area contributed by atoms with E-state index in [9.17, 15) is 24.0 Å². The number of likely N-dealkylation sites (N-methyl/N-ethyl adjacent to an activating group) is 1. The lowest BCUT2D eigenvalue weighted by Crippen LogP contribution is -2.59. The van der Waals surface area contributed by atoms with E-state index in [0.717, 1.165) is 41.2 Å². The molecule has 262 valence electrons. The number of benzene rings is 3. The summed E-state index contributed by atoms with van der Waals surface area (Å²) in [4.78, 5) is 68.2. The largest absolute Gasteiger partial charge is 0.461 e. The van der Waals surface area contributed by atoms with Crippen molar-refractivity contribution in [3.63, 3.8) is 0 Å². The monoisotopic (exact) mass is 672 g/mol. The predicted molar refractivity (Wildman–Crippen MR) is 186 cm³/mol. The number of rotatable bonds is 13. The van der Waals surface area contributed by atoms with E-state index < -0.39 is 59.9 Å². The van der Waals surface area contributed by atoms with Crippen LogP contribution in [0.1, 0.15) is 70.4 Å². The van der Waals surface area contributed by atoms with E-state index in [1.165, 1.54) is 11.9 Å². The maximum atomic E-state index is 14.1. The van der Waals surface area contributed by atoms with Gasteiger partial charge in [0.2, 0.25) is 17.7 Å². The first kappa shape index (κ1) is 36.9. The van der Waals surface area contributed by atoms with Gasteiger partial charge in [-0.25, -0.2) is 4.79 Å². The van der Waals surface area contributed by atoms with E-state index in [1.807, 2.05) is 60.7 Å². The zero-order valence-electron chi connectivity index (χ0n) is 28.8. The summed E-state index contributed by atoms with van der Waals surface area (Å²) in [5.74, 6) is -3.09. The molecule has 0 aliphatic heterocycles. The van der Waals surface area contributed by atoms with Crippen molar-refractivity contribution in [3.8, 4) is 0 Å². The van der Waals surface area contributed by atoms with Gasteiger partial charge in [0.25, 0.3) is 0 Å². The second kappa shape index (κ2) is 16.9. The molecule has 0 spiro atoms. The first-order chi connectivity index (χ1) is 23.3. The second-order valence-electron chi connectivity index (χ2n) is 13.7. The molecule has 4 rings (SSSR count). The fourth-order valence-electron chi connectivity index (χ4n) is 6.22. The van der Waals surface area contributed by atoms with Crippen molar-refractivity contribution in [1.82, 2.24) is 15.5 Å². The van der Waals surface area contributed by atoms with Crippen LogP contribution >= 0.6 is 0 Å². The molecule has 4 amide bonds. The quantitative estimate of drug-likeness (QED) is 0.221. The van der Waals surface area contributed by atoms with Gasteiger partial charge < -0.3 is 25.8 Å². The molecule has 3 aromatic carbocycles. The van der Waals surface area contributed by atoms with Gasteiger partial charge in [-0.1, -0.05) is 92.1 Å². The van der Waals surface area contributed by atoms with Crippen LogP contribution in [0.3, 0.4) is 0 Å². The van der Waals surface area contributed by atoms with Crippen LogP contribution in [0.4, 0.5) is 4.79 Å². The lowest BCUT2D eigenvalue weighted by molar-refractivity contribution is -0.147. The second-order valence-corrected chi connectivity index (χ2v) is 13.7. The lowest BCUT2D eigenvalue weighted by Gasteiger charge is -2.37. The normalized spacial score (nSPS) is 15.3. The van der Waals surface area contributed by atoms with Crippen LogP contribution in [-0.4, -0.2) is 65.5 Å². The molecule has 4 N–H and O–H groups in total. The number of nitrogens with zero attached hydrogens (tertiary/aromatic N) is 1. The maximum absolute atomic E-state index is 14.1. The molecule has 0 heterocycles. The van der Waals surface area contributed by atoms with Crippen LogP contribution in [0.15, 0.2) is 72.8 Å². The Kier molecular flexibility index (Phi) is 12.8. The van der Waals surface area contributed by atoms with Crippen molar-refractivity contribution >= 4 is 40.6 Å². The highest BCUT2D eigenvalue weighted by molar-refractivity contribution is 5.96. The van der Waals surface area contributed by atoms with Crippen molar-refractivity contribution in [2.45, 2.75) is 96.1 Å². The van der Waals surface area contributed by atoms with Crippen molar-refractivity contribution in [2.24, 2.45) is 11.7 Å². The third-order valence-corrected chi connectivity index (χ3v) is 8.67. The average Bonchev–Trinajstić information content (AvgIpc) is 3.07. The standard InChI is InChI=1S/C38H48N4O7/c1-38(2,3)49-37(47)42(4)33(27-17-9-6-10-18-27)36(46)41-31(23-32(43)48-24-25-14-7-5-8-15-25)35(45)40-30(34(39)44)22-28-20-13-19-26-16-11-12-21-29(26)28/h5,7-8,11-16,19-21,27,30-31,33H,6,9-10,17-18,22-24H2,1-4H3,(H2,39,44)(H,40,45)(H,41,46)/t30-,31-,33-/m0/s1. The Balaban J connectivity index is 1.58. The van der Waals surface area contributed by atoms with Gasteiger partial charge in [0.15, 0.2) is 0 Å². The lowest BCUT2D eigenvalue weighted by atomic mass is 9.83. The summed E-state index contributed by atoms with van der Waals surface area (Å²) in [6.07, 6.45) is 3.11. The van der Waals surface area contributed by atoms with Gasteiger partial charge in [-0.2, -0.15) is 0 Å². The van der Waals surface area contributed by atoms with Crippen molar-refractivity contribution in [2.75, 3.05) is 7.05 Å². The number of carbonyl (C=O) groups is 5. The van der Waals surface area contributed by atoms with Gasteiger partial charge in [0, 0.05) is 13.5 Å². The van der Waals surface area contributed by atoms with E-state index in [0.29, 0.717) is 12.8 Å². The third-order valence-electron chi connectivity index (χ3n) is 8.67. The minimum atomic E-state index is -1.43. The first-order valence-electron chi connectivity index (χ1n) is 16.8. The Labute approximate surface area is 287 Å². The minimum Gasteiger partial charge on any atom is -0.461 e. The topological polar surface area (TPSA) is 157 Å². The van der Waals surface area contributed by atoms with Gasteiger partial charge in [-0.15, -0.1) is 0 Å². The summed E-state index contributed by atoms with van der Waals surface area (Å²) in [5.41, 5.74) is 6.52. The fraction of sp³-hybridized carbons (Fsp3) is 0.447. The number of nitrogens with one attached hydrogen (secondary N) is 2. The molecule has 1 saturated carbocycles. The molecular formula is C38H48N4O7. The maximum Gasteiger partial charge on any atom is 0.410 e. The fourth-order valence-corrected chi connectivity index (χ4v) is 6.22. The molecule has 0 radical (unpaired) electrons. The Bertz CT molecular complexity index is 1610. The molecule has 0 unspecified atom stereocenters. The molecule has 0 bridgehead atoms. The number of hydrogen-bond acceptors (Lipinski definition) is 7.